The molecule has 1 unspecified atom stereocenters. The Morgan fingerprint density at radius 3 is 2.67 bits per heavy atom. The molecular formula is C13H18ClNO2S. The van der Waals surface area contributed by atoms with E-state index >= 15 is 0 Å². The number of rotatable bonds is 4. The smallest absolute Gasteiger partial charge is 0.189 e. The van der Waals surface area contributed by atoms with Gasteiger partial charge < -0.3 is 4.74 Å². The second-order valence-corrected chi connectivity index (χ2v) is 6.33. The lowest BCUT2D eigenvalue weighted by molar-refractivity contribution is 0.0290. The van der Waals surface area contributed by atoms with E-state index < -0.39 is 0 Å². The van der Waals surface area contributed by atoms with Gasteiger partial charge in [-0.05, 0) is 31.9 Å². The molecule has 100 valence electrons. The number of piperidine rings is 1. The number of nitrogens with zero attached hydrogens (tertiary/aromatic N) is 1. The standard InChI is InChI=1S/C13H18ClNO2S/c1-9(13(16)11-3-4-12(14)18-11)15-7-5-10(17-2)6-8-15/h3-4,9-10H,5-8H2,1-2H3. The van der Waals surface area contributed by atoms with Crippen molar-refractivity contribution in [3.05, 3.63) is 21.3 Å². The molecule has 1 saturated heterocycles. The molecular weight excluding hydrogens is 270 g/mol. The van der Waals surface area contributed by atoms with E-state index in [1.807, 2.05) is 13.0 Å². The van der Waals surface area contributed by atoms with E-state index in [2.05, 4.69) is 4.90 Å². The maximum atomic E-state index is 12.3. The van der Waals surface area contributed by atoms with E-state index in [0.29, 0.717) is 10.4 Å². The quantitative estimate of drug-likeness (QED) is 0.797. The van der Waals surface area contributed by atoms with E-state index in [0.717, 1.165) is 30.8 Å². The summed E-state index contributed by atoms with van der Waals surface area (Å²) in [6.07, 6.45) is 2.35. The van der Waals surface area contributed by atoms with Gasteiger partial charge in [-0.2, -0.15) is 0 Å². The zero-order valence-electron chi connectivity index (χ0n) is 10.7. The van der Waals surface area contributed by atoms with Crippen LogP contribution in [0.4, 0.5) is 0 Å². The molecule has 0 saturated carbocycles. The van der Waals surface area contributed by atoms with Gasteiger partial charge in [0, 0.05) is 20.2 Å². The number of likely N-dealkylation sites (tertiary alicyclic amines) is 1. The Labute approximate surface area is 117 Å². The summed E-state index contributed by atoms with van der Waals surface area (Å²) in [5.74, 6) is 0.169. The summed E-state index contributed by atoms with van der Waals surface area (Å²) in [5.41, 5.74) is 0. The molecule has 2 heterocycles. The average Bonchev–Trinajstić information content (AvgIpc) is 2.84. The van der Waals surface area contributed by atoms with E-state index in [1.54, 1.807) is 13.2 Å². The Bertz CT molecular complexity index is 413. The highest BCUT2D eigenvalue weighted by Gasteiger charge is 2.27. The Morgan fingerprint density at radius 1 is 1.50 bits per heavy atom. The third-order valence-corrected chi connectivity index (χ3v) is 4.80. The molecule has 2 rings (SSSR count). The lowest BCUT2D eigenvalue weighted by Crippen LogP contribution is -2.45. The summed E-state index contributed by atoms with van der Waals surface area (Å²) in [6.45, 7) is 3.82. The molecule has 1 atom stereocenters. The molecule has 0 N–H and O–H groups in total. The predicted octanol–water partition coefficient (Wildman–Crippen LogP) is 3.08. The maximum absolute atomic E-state index is 12.3. The van der Waals surface area contributed by atoms with Gasteiger partial charge in [-0.3, -0.25) is 9.69 Å². The minimum atomic E-state index is -0.0717. The van der Waals surface area contributed by atoms with Crippen molar-refractivity contribution in [3.63, 3.8) is 0 Å². The van der Waals surface area contributed by atoms with Crippen molar-refractivity contribution in [3.8, 4) is 0 Å². The number of hydrogen-bond acceptors (Lipinski definition) is 4. The van der Waals surface area contributed by atoms with Crippen LogP contribution in [0.15, 0.2) is 12.1 Å². The minimum Gasteiger partial charge on any atom is -0.381 e. The molecule has 0 amide bonds. The highest BCUT2D eigenvalue weighted by Crippen LogP contribution is 2.24. The van der Waals surface area contributed by atoms with Crippen molar-refractivity contribution in [1.29, 1.82) is 0 Å². The van der Waals surface area contributed by atoms with Gasteiger partial charge in [0.05, 0.1) is 21.4 Å². The van der Waals surface area contributed by atoms with Gasteiger partial charge in [0.2, 0.25) is 0 Å². The highest BCUT2D eigenvalue weighted by molar-refractivity contribution is 7.18. The molecule has 1 fully saturated rings. The molecule has 1 aromatic rings. The van der Waals surface area contributed by atoms with Gasteiger partial charge in [-0.25, -0.2) is 0 Å². The highest BCUT2D eigenvalue weighted by atomic mass is 35.5. The first-order valence-electron chi connectivity index (χ1n) is 6.18. The molecule has 0 aliphatic carbocycles. The largest absolute Gasteiger partial charge is 0.381 e. The number of ether oxygens (including phenoxy) is 1. The fourth-order valence-electron chi connectivity index (χ4n) is 2.32. The van der Waals surface area contributed by atoms with Crippen molar-refractivity contribution >= 4 is 28.7 Å². The number of carbonyl (C=O) groups is 1. The third-order valence-electron chi connectivity index (χ3n) is 3.55. The van der Waals surface area contributed by atoms with Gasteiger partial charge in [0.25, 0.3) is 0 Å². The van der Waals surface area contributed by atoms with E-state index in [-0.39, 0.29) is 11.8 Å². The summed E-state index contributed by atoms with van der Waals surface area (Å²) in [7, 11) is 1.75. The van der Waals surface area contributed by atoms with E-state index in [1.165, 1.54) is 11.3 Å². The first kappa shape index (κ1) is 14.0. The summed E-state index contributed by atoms with van der Waals surface area (Å²) in [5, 5.41) is 0. The molecule has 0 radical (unpaired) electrons. The van der Waals surface area contributed by atoms with Crippen LogP contribution >= 0.6 is 22.9 Å². The molecule has 1 aromatic heterocycles. The summed E-state index contributed by atoms with van der Waals surface area (Å²) in [6, 6.07) is 3.52. The lowest BCUT2D eigenvalue weighted by Gasteiger charge is -2.34. The number of methoxy groups -OCH3 is 1. The first-order chi connectivity index (χ1) is 8.61. The van der Waals surface area contributed by atoms with Gasteiger partial charge in [0.1, 0.15) is 0 Å². The van der Waals surface area contributed by atoms with Crippen molar-refractivity contribution in [2.45, 2.75) is 31.9 Å². The first-order valence-corrected chi connectivity index (χ1v) is 7.37. The second kappa shape index (κ2) is 6.15. The third kappa shape index (κ3) is 3.12. The normalized spacial score (nSPS) is 19.9. The van der Waals surface area contributed by atoms with Crippen LogP contribution in [0.3, 0.4) is 0 Å². The summed E-state index contributed by atoms with van der Waals surface area (Å²) >= 11 is 7.23. The fourth-order valence-corrected chi connectivity index (χ4v) is 3.38. The molecule has 5 heteroatoms. The van der Waals surface area contributed by atoms with Crippen LogP contribution in [0, 0.1) is 0 Å². The lowest BCUT2D eigenvalue weighted by atomic mass is 10.0. The van der Waals surface area contributed by atoms with Crippen LogP contribution in [0.25, 0.3) is 0 Å². The van der Waals surface area contributed by atoms with Crippen molar-refractivity contribution < 1.29 is 9.53 Å². The SMILES string of the molecule is COC1CCN(C(C)C(=O)c2ccc(Cl)s2)CC1. The molecule has 1 aliphatic heterocycles. The Hall–Kier alpha value is -0.420. The van der Waals surface area contributed by atoms with Crippen molar-refractivity contribution in [2.75, 3.05) is 20.2 Å². The van der Waals surface area contributed by atoms with Gasteiger partial charge >= 0.3 is 0 Å². The monoisotopic (exact) mass is 287 g/mol. The Kier molecular flexibility index (Phi) is 4.78. The van der Waals surface area contributed by atoms with Crippen LogP contribution < -0.4 is 0 Å². The van der Waals surface area contributed by atoms with Crippen molar-refractivity contribution in [1.82, 2.24) is 4.90 Å². The van der Waals surface area contributed by atoms with Gasteiger partial charge in [-0.15, -0.1) is 11.3 Å². The summed E-state index contributed by atoms with van der Waals surface area (Å²) in [4.78, 5) is 15.3. The van der Waals surface area contributed by atoms with Crippen LogP contribution in [-0.4, -0.2) is 43.0 Å². The molecule has 18 heavy (non-hydrogen) atoms. The predicted molar refractivity (Wildman–Crippen MR) is 74.7 cm³/mol. The van der Waals surface area contributed by atoms with Crippen LogP contribution in [-0.2, 0) is 4.74 Å². The Balaban J connectivity index is 1.95. The minimum absolute atomic E-state index is 0.0717. The fraction of sp³-hybridized carbons (Fsp3) is 0.615. The molecule has 0 bridgehead atoms. The zero-order chi connectivity index (χ0) is 13.1. The number of hydrogen-bond donors (Lipinski definition) is 0. The van der Waals surface area contributed by atoms with Crippen LogP contribution in [0.5, 0.6) is 0 Å². The van der Waals surface area contributed by atoms with Crippen LogP contribution in [0.2, 0.25) is 4.34 Å². The van der Waals surface area contributed by atoms with Crippen molar-refractivity contribution in [2.24, 2.45) is 0 Å². The Morgan fingerprint density at radius 2 is 2.17 bits per heavy atom. The van der Waals surface area contributed by atoms with Gasteiger partial charge in [-0.1, -0.05) is 11.6 Å². The summed E-state index contributed by atoms with van der Waals surface area (Å²) < 4.78 is 6.01. The maximum Gasteiger partial charge on any atom is 0.189 e. The van der Waals surface area contributed by atoms with E-state index in [4.69, 9.17) is 16.3 Å². The van der Waals surface area contributed by atoms with Crippen LogP contribution in [0.1, 0.15) is 29.4 Å². The molecule has 0 spiro atoms. The number of carbonyl (C=O) groups excluding carboxylic acids is 1. The number of Topliss-reactive ketones (excluding diaryl/α,β-unsaturated/α-hetero) is 1. The molecule has 0 aromatic carbocycles. The zero-order valence-corrected chi connectivity index (χ0v) is 12.3. The van der Waals surface area contributed by atoms with E-state index in [9.17, 15) is 4.79 Å². The number of halogens is 1. The number of thiophene rings is 1. The second-order valence-electron chi connectivity index (χ2n) is 4.62. The molecule has 3 nitrogen and oxygen atoms in total. The van der Waals surface area contributed by atoms with Gasteiger partial charge in [0.15, 0.2) is 5.78 Å². The topological polar surface area (TPSA) is 29.5 Å². The molecule has 1 aliphatic rings. The average molecular weight is 288 g/mol. The number of ketones is 1.